The van der Waals surface area contributed by atoms with Gasteiger partial charge in [0.1, 0.15) is 5.82 Å². The molecule has 8 heavy (non-hydrogen) atoms. The Morgan fingerprint density at radius 1 is 1.75 bits per heavy atom. The van der Waals surface area contributed by atoms with Crippen molar-refractivity contribution in [1.29, 1.82) is 0 Å². The van der Waals surface area contributed by atoms with Crippen LogP contribution in [0.15, 0.2) is 23.4 Å². The maximum Gasteiger partial charge on any atom is 0.102 e. The van der Waals surface area contributed by atoms with Crippen LogP contribution in [0.1, 0.15) is 0 Å². The Bertz CT molecular complexity index is 194. The number of rotatable bonds is 1. The molecule has 4 nitrogen and oxygen atoms in total. The minimum absolute atomic E-state index is 0.549. The van der Waals surface area contributed by atoms with Gasteiger partial charge in [-0.25, -0.2) is 0 Å². The summed E-state index contributed by atoms with van der Waals surface area (Å²) in [4.78, 5) is 5.29. The average molecular weight is 108 g/mol. The molecule has 1 aromatic rings. The quantitative estimate of drug-likeness (QED) is 0.324. The molecule has 0 radical (unpaired) electrons. The molecule has 4 heteroatoms. The Morgan fingerprint density at radius 2 is 2.62 bits per heavy atom. The number of hydrogen-bond donors (Lipinski definition) is 1. The van der Waals surface area contributed by atoms with Crippen LogP contribution in [0.2, 0.25) is 0 Å². The lowest BCUT2D eigenvalue weighted by atomic mass is 10.6. The van der Waals surface area contributed by atoms with Crippen molar-refractivity contribution in [2.45, 2.75) is 0 Å². The van der Waals surface area contributed by atoms with Gasteiger partial charge < -0.3 is 4.98 Å². The van der Waals surface area contributed by atoms with Gasteiger partial charge in [0.2, 0.25) is 0 Å². The first-order chi connectivity index (χ1) is 3.93. The van der Waals surface area contributed by atoms with Crippen LogP contribution in [-0.4, -0.2) is 4.98 Å². The molecule has 0 bridgehead atoms. The number of nitrogens with one attached hydrogen (secondary N) is 1. The molecule has 0 unspecified atom stereocenters. The Labute approximate surface area is 45.8 Å². The predicted octanol–water partition coefficient (Wildman–Crippen LogP) is 1.96. The maximum absolute atomic E-state index is 7.88. The van der Waals surface area contributed by atoms with Crippen molar-refractivity contribution in [1.82, 2.24) is 4.98 Å². The van der Waals surface area contributed by atoms with Crippen molar-refractivity contribution in [3.8, 4) is 0 Å². The first-order valence-corrected chi connectivity index (χ1v) is 2.12. The van der Waals surface area contributed by atoms with Gasteiger partial charge in [-0.15, -0.1) is 0 Å². The molecule has 40 valence electrons. The van der Waals surface area contributed by atoms with Crippen LogP contribution in [0.4, 0.5) is 5.82 Å². The minimum Gasteiger partial charge on any atom is -0.360 e. The topological polar surface area (TPSA) is 64.6 Å². The van der Waals surface area contributed by atoms with Crippen LogP contribution >= 0.6 is 0 Å². The lowest BCUT2D eigenvalue weighted by Gasteiger charge is -1.73. The zero-order valence-corrected chi connectivity index (χ0v) is 4.07. The third-order valence-corrected chi connectivity index (χ3v) is 0.734. The van der Waals surface area contributed by atoms with Crippen LogP contribution in [-0.2, 0) is 0 Å². The highest BCUT2D eigenvalue weighted by atomic mass is 15.2. The molecule has 0 aliphatic heterocycles. The molecular weight excluding hydrogens is 104 g/mol. The van der Waals surface area contributed by atoms with Crippen molar-refractivity contribution in [2.24, 2.45) is 5.11 Å². The summed E-state index contributed by atoms with van der Waals surface area (Å²) in [5.41, 5.74) is 7.88. The molecule has 0 fully saturated rings. The van der Waals surface area contributed by atoms with E-state index in [1.807, 2.05) is 0 Å². The maximum atomic E-state index is 7.88. The minimum atomic E-state index is 0.549. The van der Waals surface area contributed by atoms with Gasteiger partial charge in [0.15, 0.2) is 0 Å². The number of nitrogens with zero attached hydrogens (tertiary/aromatic N) is 3. The molecule has 0 saturated carbocycles. The molecule has 0 amide bonds. The van der Waals surface area contributed by atoms with Crippen LogP contribution in [0, 0.1) is 0 Å². The molecule has 0 aliphatic rings. The predicted molar refractivity (Wildman–Crippen MR) is 29.6 cm³/mol. The number of azide groups is 1. The lowest BCUT2D eigenvalue weighted by Crippen LogP contribution is -1.51. The zero-order chi connectivity index (χ0) is 5.82. The molecule has 0 aromatic carbocycles. The van der Waals surface area contributed by atoms with Gasteiger partial charge >= 0.3 is 0 Å². The molecule has 0 atom stereocenters. The molecule has 1 rings (SSSR count). The summed E-state index contributed by atoms with van der Waals surface area (Å²) in [6.07, 6.45) is 1.70. The van der Waals surface area contributed by atoms with Crippen LogP contribution < -0.4 is 0 Å². The van der Waals surface area contributed by atoms with E-state index in [2.05, 4.69) is 15.0 Å². The van der Waals surface area contributed by atoms with E-state index < -0.39 is 0 Å². The second-order valence-electron chi connectivity index (χ2n) is 1.24. The first-order valence-electron chi connectivity index (χ1n) is 2.12. The standard InChI is InChI=1S/C4H4N4/c5-8-7-4-2-1-3-6-4/h1-3,6H. The number of aromatic nitrogens is 1. The summed E-state index contributed by atoms with van der Waals surface area (Å²) in [5.74, 6) is 0.549. The van der Waals surface area contributed by atoms with Crippen LogP contribution in [0.5, 0.6) is 0 Å². The Balaban J connectivity index is 2.93. The second-order valence-corrected chi connectivity index (χ2v) is 1.24. The third kappa shape index (κ3) is 0.802. The van der Waals surface area contributed by atoms with E-state index in [-0.39, 0.29) is 0 Å². The fraction of sp³-hybridized carbons (Fsp3) is 0. The zero-order valence-electron chi connectivity index (χ0n) is 4.07. The second kappa shape index (κ2) is 2.04. The lowest BCUT2D eigenvalue weighted by molar-refractivity contribution is 1.32. The summed E-state index contributed by atoms with van der Waals surface area (Å²) in [5, 5.41) is 3.29. The number of hydrogen-bond acceptors (Lipinski definition) is 1. The summed E-state index contributed by atoms with van der Waals surface area (Å²) in [7, 11) is 0. The van der Waals surface area contributed by atoms with Crippen LogP contribution in [0.25, 0.3) is 10.4 Å². The molecule has 1 N–H and O–H groups in total. The number of H-pyrrole nitrogens is 1. The monoisotopic (exact) mass is 108 g/mol. The van der Waals surface area contributed by atoms with E-state index >= 15 is 0 Å². The summed E-state index contributed by atoms with van der Waals surface area (Å²) >= 11 is 0. The van der Waals surface area contributed by atoms with Gasteiger partial charge in [-0.2, -0.15) is 0 Å². The molecule has 1 aromatic heterocycles. The van der Waals surface area contributed by atoms with Gasteiger partial charge in [0, 0.05) is 11.1 Å². The van der Waals surface area contributed by atoms with Gasteiger partial charge in [0.25, 0.3) is 0 Å². The van der Waals surface area contributed by atoms with E-state index in [9.17, 15) is 0 Å². The van der Waals surface area contributed by atoms with Crippen molar-refractivity contribution >= 4 is 5.82 Å². The van der Waals surface area contributed by atoms with Crippen molar-refractivity contribution < 1.29 is 0 Å². The smallest absolute Gasteiger partial charge is 0.102 e. The number of aromatic amines is 1. The highest BCUT2D eigenvalue weighted by Crippen LogP contribution is 2.04. The van der Waals surface area contributed by atoms with Crippen molar-refractivity contribution in [3.63, 3.8) is 0 Å². The van der Waals surface area contributed by atoms with Gasteiger partial charge in [-0.3, -0.25) is 0 Å². The van der Waals surface area contributed by atoms with Gasteiger partial charge in [0.05, 0.1) is 0 Å². The van der Waals surface area contributed by atoms with Crippen LogP contribution in [0.3, 0.4) is 0 Å². The molecule has 0 saturated heterocycles. The molecule has 0 spiro atoms. The van der Waals surface area contributed by atoms with E-state index in [0.717, 1.165) is 0 Å². The van der Waals surface area contributed by atoms with Crippen molar-refractivity contribution in [2.75, 3.05) is 0 Å². The highest BCUT2D eigenvalue weighted by Gasteiger charge is 1.79. The normalized spacial score (nSPS) is 8.00. The summed E-state index contributed by atoms with van der Waals surface area (Å²) < 4.78 is 0. The first kappa shape index (κ1) is 4.74. The largest absolute Gasteiger partial charge is 0.360 e. The fourth-order valence-electron chi connectivity index (χ4n) is 0.431. The Morgan fingerprint density at radius 3 is 3.12 bits per heavy atom. The van der Waals surface area contributed by atoms with Gasteiger partial charge in [-0.1, -0.05) is 0 Å². The average Bonchev–Trinajstić information content (AvgIpc) is 2.19. The SMILES string of the molecule is [N-]=[N+]=Nc1ccc[nH]1. The molecular formula is C4H4N4. The highest BCUT2D eigenvalue weighted by molar-refractivity contribution is 5.25. The summed E-state index contributed by atoms with van der Waals surface area (Å²) in [6.45, 7) is 0. The molecule has 0 aliphatic carbocycles. The van der Waals surface area contributed by atoms with E-state index in [1.54, 1.807) is 18.3 Å². The van der Waals surface area contributed by atoms with Gasteiger partial charge in [-0.05, 0) is 22.8 Å². The Kier molecular flexibility index (Phi) is 1.21. The summed E-state index contributed by atoms with van der Waals surface area (Å²) in [6, 6.07) is 3.46. The molecule has 1 heterocycles. The third-order valence-electron chi connectivity index (χ3n) is 0.734. The van der Waals surface area contributed by atoms with Crippen molar-refractivity contribution in [3.05, 3.63) is 28.8 Å². The van der Waals surface area contributed by atoms with E-state index in [0.29, 0.717) is 5.82 Å². The fourth-order valence-corrected chi connectivity index (χ4v) is 0.431. The Hall–Kier alpha value is -1.41. The van der Waals surface area contributed by atoms with E-state index in [1.165, 1.54) is 0 Å². The van der Waals surface area contributed by atoms with E-state index in [4.69, 9.17) is 5.53 Å².